The lowest BCUT2D eigenvalue weighted by atomic mass is 9.86. The van der Waals surface area contributed by atoms with E-state index >= 15 is 0 Å². The maximum absolute atomic E-state index is 12.4. The summed E-state index contributed by atoms with van der Waals surface area (Å²) in [5.74, 6) is 3.03. The molecule has 0 radical (unpaired) electrons. The smallest absolute Gasteiger partial charge is 0.226 e. The molecule has 4 nitrogen and oxygen atoms in total. The van der Waals surface area contributed by atoms with Crippen molar-refractivity contribution < 1.29 is 4.79 Å². The third kappa shape index (κ3) is 3.16. The van der Waals surface area contributed by atoms with Crippen LogP contribution in [0.3, 0.4) is 0 Å². The zero-order valence-corrected chi connectivity index (χ0v) is 13.3. The fourth-order valence-electron chi connectivity index (χ4n) is 4.38. The van der Waals surface area contributed by atoms with Gasteiger partial charge >= 0.3 is 0 Å². The predicted molar refractivity (Wildman–Crippen MR) is 90.0 cm³/mol. The monoisotopic (exact) mass is 309 g/mol. The predicted octanol–water partition coefficient (Wildman–Crippen LogP) is 3.70. The van der Waals surface area contributed by atoms with Gasteiger partial charge in [0.25, 0.3) is 0 Å². The van der Waals surface area contributed by atoms with Crippen molar-refractivity contribution in [1.82, 2.24) is 9.55 Å². The van der Waals surface area contributed by atoms with Crippen LogP contribution in [-0.4, -0.2) is 15.5 Å². The van der Waals surface area contributed by atoms with Crippen LogP contribution in [0.25, 0.3) is 0 Å². The second-order valence-corrected chi connectivity index (χ2v) is 7.05. The summed E-state index contributed by atoms with van der Waals surface area (Å²) in [6.07, 6.45) is 9.61. The summed E-state index contributed by atoms with van der Waals surface area (Å²) >= 11 is 0. The Hall–Kier alpha value is -2.10. The molecule has 120 valence electrons. The number of hydrogen-bond acceptors (Lipinski definition) is 2. The molecule has 0 aliphatic heterocycles. The number of amides is 1. The van der Waals surface area contributed by atoms with Crippen LogP contribution < -0.4 is 5.32 Å². The standard InChI is InChI=1S/C19H23N3O/c23-18(12-17-11-15-6-7-16(17)10-15)21-19-20-8-9-22(19)13-14-4-2-1-3-5-14/h1-5,8-9,15-17H,6-7,10-13H2,(H,20,21,23). The molecule has 3 unspecified atom stereocenters. The highest BCUT2D eigenvalue weighted by molar-refractivity contribution is 5.89. The number of carbonyl (C=O) groups is 1. The number of nitrogens with one attached hydrogen (secondary N) is 1. The molecule has 2 bridgehead atoms. The molecule has 23 heavy (non-hydrogen) atoms. The van der Waals surface area contributed by atoms with E-state index in [4.69, 9.17) is 0 Å². The van der Waals surface area contributed by atoms with Gasteiger partial charge in [0.05, 0.1) is 6.54 Å². The Morgan fingerprint density at radius 1 is 1.22 bits per heavy atom. The Labute approximate surface area is 136 Å². The Balaban J connectivity index is 1.37. The Kier molecular flexibility index (Phi) is 3.90. The summed E-state index contributed by atoms with van der Waals surface area (Å²) in [5.41, 5.74) is 1.20. The van der Waals surface area contributed by atoms with Gasteiger partial charge < -0.3 is 4.57 Å². The highest BCUT2D eigenvalue weighted by Gasteiger charge is 2.40. The first-order valence-electron chi connectivity index (χ1n) is 8.63. The van der Waals surface area contributed by atoms with E-state index in [1.54, 1.807) is 6.20 Å². The van der Waals surface area contributed by atoms with Gasteiger partial charge in [0, 0.05) is 18.8 Å². The summed E-state index contributed by atoms with van der Waals surface area (Å²) in [6.45, 7) is 0.727. The van der Waals surface area contributed by atoms with Gasteiger partial charge in [-0.1, -0.05) is 36.8 Å². The number of nitrogens with zero attached hydrogens (tertiary/aromatic N) is 2. The molecule has 1 amide bonds. The van der Waals surface area contributed by atoms with Crippen molar-refractivity contribution in [3.05, 3.63) is 48.3 Å². The number of imidazole rings is 1. The van der Waals surface area contributed by atoms with Gasteiger partial charge in [-0.15, -0.1) is 0 Å². The number of benzene rings is 1. The van der Waals surface area contributed by atoms with Crippen molar-refractivity contribution >= 4 is 11.9 Å². The van der Waals surface area contributed by atoms with Crippen molar-refractivity contribution in [2.75, 3.05) is 5.32 Å². The first-order valence-corrected chi connectivity index (χ1v) is 8.63. The summed E-state index contributed by atoms with van der Waals surface area (Å²) in [4.78, 5) is 16.7. The molecule has 4 rings (SSSR count). The van der Waals surface area contributed by atoms with Crippen molar-refractivity contribution in [1.29, 1.82) is 0 Å². The maximum atomic E-state index is 12.4. The minimum Gasteiger partial charge on any atom is -0.313 e. The van der Waals surface area contributed by atoms with Crippen molar-refractivity contribution in [2.45, 2.75) is 38.6 Å². The molecular formula is C19H23N3O. The Morgan fingerprint density at radius 2 is 2.09 bits per heavy atom. The highest BCUT2D eigenvalue weighted by atomic mass is 16.1. The normalized spacial score (nSPS) is 25.7. The van der Waals surface area contributed by atoms with Gasteiger partial charge in [-0.25, -0.2) is 4.98 Å². The van der Waals surface area contributed by atoms with Gasteiger partial charge in [0.1, 0.15) is 0 Å². The number of rotatable bonds is 5. The minimum atomic E-state index is 0.114. The van der Waals surface area contributed by atoms with E-state index in [1.807, 2.05) is 29.0 Å². The molecule has 0 saturated heterocycles. The second kappa shape index (κ2) is 6.19. The Bertz CT molecular complexity index is 679. The van der Waals surface area contributed by atoms with Gasteiger partial charge in [0.15, 0.2) is 0 Å². The number of hydrogen-bond donors (Lipinski definition) is 1. The van der Waals surface area contributed by atoms with Crippen LogP contribution in [0.1, 0.15) is 37.7 Å². The molecule has 1 aromatic carbocycles. The molecule has 3 atom stereocenters. The van der Waals surface area contributed by atoms with Crippen molar-refractivity contribution in [2.24, 2.45) is 17.8 Å². The quantitative estimate of drug-likeness (QED) is 0.915. The fourth-order valence-corrected chi connectivity index (χ4v) is 4.38. The van der Waals surface area contributed by atoms with E-state index < -0.39 is 0 Å². The Morgan fingerprint density at radius 3 is 2.83 bits per heavy atom. The second-order valence-electron chi connectivity index (χ2n) is 7.05. The van der Waals surface area contributed by atoms with Gasteiger partial charge in [-0.05, 0) is 42.6 Å². The van der Waals surface area contributed by atoms with Crippen LogP contribution in [-0.2, 0) is 11.3 Å². The lowest BCUT2D eigenvalue weighted by molar-refractivity contribution is -0.117. The van der Waals surface area contributed by atoms with Crippen LogP contribution in [0.5, 0.6) is 0 Å². The third-order valence-corrected chi connectivity index (χ3v) is 5.49. The molecule has 2 aromatic rings. The molecule has 2 aliphatic carbocycles. The van der Waals surface area contributed by atoms with Crippen molar-refractivity contribution in [3.8, 4) is 0 Å². The van der Waals surface area contributed by atoms with Crippen LogP contribution in [0.15, 0.2) is 42.7 Å². The van der Waals surface area contributed by atoms with Gasteiger partial charge in [0.2, 0.25) is 11.9 Å². The number of anilines is 1. The van der Waals surface area contributed by atoms with Gasteiger partial charge in [-0.2, -0.15) is 0 Å². The molecule has 4 heteroatoms. The number of fused-ring (bicyclic) bond motifs is 2. The first kappa shape index (κ1) is 14.5. The number of carbonyl (C=O) groups excluding carboxylic acids is 1. The zero-order chi connectivity index (χ0) is 15.6. The molecule has 1 heterocycles. The highest BCUT2D eigenvalue weighted by Crippen LogP contribution is 2.49. The molecule has 2 saturated carbocycles. The molecular weight excluding hydrogens is 286 g/mol. The van der Waals surface area contributed by atoms with Crippen molar-refractivity contribution in [3.63, 3.8) is 0 Å². The topological polar surface area (TPSA) is 46.9 Å². The fraction of sp³-hybridized carbons (Fsp3) is 0.474. The van der Waals surface area contributed by atoms with E-state index in [-0.39, 0.29) is 5.91 Å². The number of aromatic nitrogens is 2. The molecule has 2 aliphatic rings. The molecule has 1 aromatic heterocycles. The van der Waals surface area contributed by atoms with E-state index in [1.165, 1.54) is 31.2 Å². The average molecular weight is 309 g/mol. The molecule has 0 spiro atoms. The molecule has 2 fully saturated rings. The SMILES string of the molecule is O=C(CC1CC2CCC1C2)Nc1nccn1Cc1ccccc1. The summed E-state index contributed by atoms with van der Waals surface area (Å²) in [7, 11) is 0. The molecule has 1 N–H and O–H groups in total. The minimum absolute atomic E-state index is 0.114. The van der Waals surface area contributed by atoms with Crippen LogP contribution >= 0.6 is 0 Å². The maximum Gasteiger partial charge on any atom is 0.226 e. The van der Waals surface area contributed by atoms with E-state index in [2.05, 4.69) is 22.4 Å². The summed E-state index contributed by atoms with van der Waals surface area (Å²) < 4.78 is 1.99. The zero-order valence-electron chi connectivity index (χ0n) is 13.3. The van der Waals surface area contributed by atoms with Crippen LogP contribution in [0.2, 0.25) is 0 Å². The van der Waals surface area contributed by atoms with Crippen LogP contribution in [0.4, 0.5) is 5.95 Å². The average Bonchev–Trinajstić information content (AvgIpc) is 3.26. The third-order valence-electron chi connectivity index (χ3n) is 5.49. The van der Waals surface area contributed by atoms with Gasteiger partial charge in [-0.3, -0.25) is 10.1 Å². The largest absolute Gasteiger partial charge is 0.313 e. The van der Waals surface area contributed by atoms with E-state index in [0.29, 0.717) is 18.3 Å². The van der Waals surface area contributed by atoms with Crippen LogP contribution in [0, 0.1) is 17.8 Å². The van der Waals surface area contributed by atoms with E-state index in [0.717, 1.165) is 18.4 Å². The lowest BCUT2D eigenvalue weighted by Crippen LogP contribution is -2.22. The summed E-state index contributed by atoms with van der Waals surface area (Å²) in [5, 5.41) is 3.01. The lowest BCUT2D eigenvalue weighted by Gasteiger charge is -2.20. The summed E-state index contributed by atoms with van der Waals surface area (Å²) in [6, 6.07) is 10.2. The van der Waals surface area contributed by atoms with E-state index in [9.17, 15) is 4.79 Å². The first-order chi connectivity index (χ1) is 11.3.